The van der Waals surface area contributed by atoms with Gasteiger partial charge in [0.1, 0.15) is 11.5 Å². The van der Waals surface area contributed by atoms with E-state index in [2.05, 4.69) is 37.2 Å². The van der Waals surface area contributed by atoms with Crippen LogP contribution in [0.5, 0.6) is 11.5 Å². The van der Waals surface area contributed by atoms with E-state index in [1.807, 2.05) is 36.4 Å². The Morgan fingerprint density at radius 3 is 1.96 bits per heavy atom. The van der Waals surface area contributed by atoms with Crippen LogP contribution in [-0.2, 0) is 16.1 Å². The highest BCUT2D eigenvalue weighted by Crippen LogP contribution is 2.33. The van der Waals surface area contributed by atoms with Crippen molar-refractivity contribution in [2.24, 2.45) is 0 Å². The van der Waals surface area contributed by atoms with Gasteiger partial charge in [0, 0.05) is 28.3 Å². The van der Waals surface area contributed by atoms with Gasteiger partial charge in [0.2, 0.25) is 0 Å². The Kier molecular flexibility index (Phi) is 8.94. The number of carboxylic acids is 2. The standard InChI is InChI=1S/C15H15Br2NO2.C2H2O4/c1-19-14-8-15(20-2)13(17)7-10(14)9-18-12-5-3-11(16)4-6-12;3-1(4)2(5)6/h3-8,18H,9H2,1-2H3;(H,3,4)(H,5,6). The molecule has 0 aliphatic rings. The number of ether oxygens (including phenoxy) is 2. The number of carbonyl (C=O) groups is 2. The first kappa shape index (κ1) is 21.8. The summed E-state index contributed by atoms with van der Waals surface area (Å²) in [6, 6.07) is 11.9. The van der Waals surface area contributed by atoms with Crippen LogP contribution in [0.15, 0.2) is 45.3 Å². The van der Waals surface area contributed by atoms with Gasteiger partial charge in [-0.2, -0.15) is 0 Å². The molecule has 0 amide bonds. The molecule has 0 unspecified atom stereocenters. The maximum Gasteiger partial charge on any atom is 0.414 e. The Balaban J connectivity index is 0.000000487. The number of methoxy groups -OCH3 is 2. The monoisotopic (exact) mass is 489 g/mol. The van der Waals surface area contributed by atoms with Crippen molar-refractivity contribution in [2.75, 3.05) is 19.5 Å². The summed E-state index contributed by atoms with van der Waals surface area (Å²) in [6.45, 7) is 0.674. The van der Waals surface area contributed by atoms with E-state index in [1.165, 1.54) is 0 Å². The predicted molar refractivity (Wildman–Crippen MR) is 104 cm³/mol. The molecule has 0 bridgehead atoms. The van der Waals surface area contributed by atoms with Gasteiger partial charge < -0.3 is 25.0 Å². The molecular weight excluding hydrogens is 474 g/mol. The summed E-state index contributed by atoms with van der Waals surface area (Å²) in [5.41, 5.74) is 2.12. The normalized spacial score (nSPS) is 9.54. The minimum Gasteiger partial charge on any atom is -0.496 e. The number of hydrogen-bond acceptors (Lipinski definition) is 5. The van der Waals surface area contributed by atoms with E-state index in [0.717, 1.165) is 31.7 Å². The largest absolute Gasteiger partial charge is 0.496 e. The fourth-order valence-electron chi connectivity index (χ4n) is 1.83. The molecule has 0 aliphatic heterocycles. The average Bonchev–Trinajstić information content (AvgIpc) is 2.61. The van der Waals surface area contributed by atoms with Crippen molar-refractivity contribution < 1.29 is 29.3 Å². The Morgan fingerprint density at radius 1 is 0.962 bits per heavy atom. The summed E-state index contributed by atoms with van der Waals surface area (Å²) < 4.78 is 12.6. The molecule has 0 aromatic heterocycles. The maximum atomic E-state index is 9.10. The molecule has 140 valence electrons. The first-order chi connectivity index (χ1) is 12.3. The van der Waals surface area contributed by atoms with Crippen molar-refractivity contribution in [3.63, 3.8) is 0 Å². The van der Waals surface area contributed by atoms with Gasteiger partial charge in [-0.15, -0.1) is 0 Å². The molecule has 26 heavy (non-hydrogen) atoms. The topological polar surface area (TPSA) is 105 Å². The van der Waals surface area contributed by atoms with Crippen LogP contribution >= 0.6 is 31.9 Å². The lowest BCUT2D eigenvalue weighted by Gasteiger charge is -2.13. The van der Waals surface area contributed by atoms with Crippen molar-refractivity contribution >= 4 is 49.5 Å². The molecule has 2 rings (SSSR count). The van der Waals surface area contributed by atoms with Crippen molar-refractivity contribution in [3.8, 4) is 11.5 Å². The van der Waals surface area contributed by atoms with Gasteiger partial charge in [0.15, 0.2) is 0 Å². The number of carboxylic acid groups (broad SMARTS) is 2. The first-order valence-corrected chi connectivity index (χ1v) is 8.73. The molecule has 7 nitrogen and oxygen atoms in total. The molecule has 0 radical (unpaired) electrons. The zero-order valence-electron chi connectivity index (χ0n) is 14.0. The third kappa shape index (κ3) is 6.93. The molecule has 2 aromatic carbocycles. The number of aliphatic carboxylic acids is 2. The summed E-state index contributed by atoms with van der Waals surface area (Å²) in [7, 11) is 3.30. The molecule has 9 heteroatoms. The number of benzene rings is 2. The zero-order valence-corrected chi connectivity index (χ0v) is 17.1. The van der Waals surface area contributed by atoms with E-state index in [9.17, 15) is 0 Å². The van der Waals surface area contributed by atoms with Crippen molar-refractivity contribution in [1.29, 1.82) is 0 Å². The highest BCUT2D eigenvalue weighted by atomic mass is 79.9. The molecule has 0 saturated heterocycles. The molecular formula is C17H17Br2NO6. The van der Waals surface area contributed by atoms with Gasteiger partial charge in [-0.3, -0.25) is 0 Å². The van der Waals surface area contributed by atoms with Gasteiger partial charge in [0.05, 0.1) is 18.7 Å². The number of rotatable bonds is 5. The van der Waals surface area contributed by atoms with Crippen LogP contribution < -0.4 is 14.8 Å². The number of halogens is 2. The zero-order chi connectivity index (χ0) is 19.7. The van der Waals surface area contributed by atoms with Gasteiger partial charge >= 0.3 is 11.9 Å². The minimum absolute atomic E-state index is 0.674. The third-order valence-electron chi connectivity index (χ3n) is 3.06. The molecule has 3 N–H and O–H groups in total. The van der Waals surface area contributed by atoms with Crippen LogP contribution in [0.25, 0.3) is 0 Å². The summed E-state index contributed by atoms with van der Waals surface area (Å²) in [4.78, 5) is 18.2. The predicted octanol–water partition coefficient (Wildman–Crippen LogP) is 4.00. The molecule has 0 atom stereocenters. The lowest BCUT2D eigenvalue weighted by molar-refractivity contribution is -0.159. The molecule has 2 aromatic rings. The van der Waals surface area contributed by atoms with Crippen LogP contribution in [0.1, 0.15) is 5.56 Å². The summed E-state index contributed by atoms with van der Waals surface area (Å²) >= 11 is 6.91. The fraction of sp³-hybridized carbons (Fsp3) is 0.176. The SMILES string of the molecule is COc1cc(OC)c(CNc2ccc(Br)cc2)cc1Br.O=C(O)C(=O)O. The molecule has 0 aliphatic carbocycles. The second-order valence-corrected chi connectivity index (χ2v) is 6.54. The second-order valence-electron chi connectivity index (χ2n) is 4.77. The molecule has 0 spiro atoms. The van der Waals surface area contributed by atoms with Crippen molar-refractivity contribution in [1.82, 2.24) is 0 Å². The number of nitrogens with one attached hydrogen (secondary N) is 1. The van der Waals surface area contributed by atoms with E-state index < -0.39 is 11.9 Å². The van der Waals surface area contributed by atoms with E-state index in [0.29, 0.717) is 6.54 Å². The van der Waals surface area contributed by atoms with Crippen molar-refractivity contribution in [2.45, 2.75) is 6.54 Å². The maximum absolute atomic E-state index is 9.10. The smallest absolute Gasteiger partial charge is 0.414 e. The van der Waals surface area contributed by atoms with Crippen molar-refractivity contribution in [3.05, 3.63) is 50.9 Å². The van der Waals surface area contributed by atoms with E-state index in [1.54, 1.807) is 14.2 Å². The number of hydrogen-bond donors (Lipinski definition) is 3. The fourth-order valence-corrected chi connectivity index (χ4v) is 2.64. The van der Waals surface area contributed by atoms with Gasteiger partial charge in [0.25, 0.3) is 0 Å². The van der Waals surface area contributed by atoms with Crippen LogP contribution in [-0.4, -0.2) is 36.4 Å². The van der Waals surface area contributed by atoms with Crippen LogP contribution in [0.3, 0.4) is 0 Å². The van der Waals surface area contributed by atoms with Gasteiger partial charge in [-0.25, -0.2) is 9.59 Å². The highest BCUT2D eigenvalue weighted by Gasteiger charge is 2.09. The average molecular weight is 491 g/mol. The lowest BCUT2D eigenvalue weighted by Crippen LogP contribution is -2.09. The molecule has 0 saturated carbocycles. The second kappa shape index (κ2) is 10.7. The Labute approximate surface area is 167 Å². The Morgan fingerprint density at radius 2 is 1.50 bits per heavy atom. The first-order valence-electron chi connectivity index (χ1n) is 7.14. The summed E-state index contributed by atoms with van der Waals surface area (Å²) in [5, 5.41) is 18.1. The molecule has 0 fully saturated rings. The Hall–Kier alpha value is -2.26. The van der Waals surface area contributed by atoms with E-state index >= 15 is 0 Å². The van der Waals surface area contributed by atoms with Crippen LogP contribution in [0.2, 0.25) is 0 Å². The van der Waals surface area contributed by atoms with E-state index in [4.69, 9.17) is 29.3 Å². The summed E-state index contributed by atoms with van der Waals surface area (Å²) in [6.07, 6.45) is 0. The highest BCUT2D eigenvalue weighted by molar-refractivity contribution is 9.10. The number of anilines is 1. The van der Waals surface area contributed by atoms with E-state index in [-0.39, 0.29) is 0 Å². The third-order valence-corrected chi connectivity index (χ3v) is 4.21. The quantitative estimate of drug-likeness (QED) is 0.544. The van der Waals surface area contributed by atoms with Crippen LogP contribution in [0.4, 0.5) is 5.69 Å². The summed E-state index contributed by atoms with van der Waals surface area (Å²) in [5.74, 6) is -2.09. The lowest BCUT2D eigenvalue weighted by atomic mass is 10.2. The van der Waals surface area contributed by atoms with Gasteiger partial charge in [-0.05, 0) is 46.3 Å². The molecule has 0 heterocycles. The Bertz CT molecular complexity index is 753. The van der Waals surface area contributed by atoms with Crippen LogP contribution in [0, 0.1) is 0 Å². The van der Waals surface area contributed by atoms with Gasteiger partial charge in [-0.1, -0.05) is 15.9 Å². The minimum atomic E-state index is -1.82.